The summed E-state index contributed by atoms with van der Waals surface area (Å²) in [5.41, 5.74) is 0. The van der Waals surface area contributed by atoms with Crippen LogP contribution in [0.25, 0.3) is 0 Å². The van der Waals surface area contributed by atoms with Gasteiger partial charge in [0.05, 0.1) is 0 Å². The molecule has 3 heteroatoms. The van der Waals surface area contributed by atoms with Gasteiger partial charge in [0.1, 0.15) is 12.7 Å². The molecule has 0 amide bonds. The lowest BCUT2D eigenvalue weighted by Gasteiger charge is -2.27. The van der Waals surface area contributed by atoms with E-state index < -0.39 is 0 Å². The minimum atomic E-state index is 0.144. The van der Waals surface area contributed by atoms with Crippen LogP contribution in [0.5, 0.6) is 11.5 Å². The standard InChI is InChI=1S/C14H19NO2/c1-2-6-11(5-1)15-9-12-10-16-13-7-3-4-8-14(13)17-12/h3-4,7-8,11-12,15H,1-2,5-6,9-10H2. The van der Waals surface area contributed by atoms with Crippen LogP contribution in [0.15, 0.2) is 24.3 Å². The third-order valence-corrected chi connectivity index (χ3v) is 3.56. The number of rotatable bonds is 3. The van der Waals surface area contributed by atoms with Gasteiger partial charge in [0.15, 0.2) is 11.5 Å². The van der Waals surface area contributed by atoms with Crippen molar-refractivity contribution in [3.05, 3.63) is 24.3 Å². The quantitative estimate of drug-likeness (QED) is 0.869. The third-order valence-electron chi connectivity index (χ3n) is 3.56. The number of para-hydroxylation sites is 2. The van der Waals surface area contributed by atoms with E-state index in [1.54, 1.807) is 0 Å². The Labute approximate surface area is 102 Å². The molecule has 0 spiro atoms. The van der Waals surface area contributed by atoms with E-state index in [-0.39, 0.29) is 6.10 Å². The minimum absolute atomic E-state index is 0.144. The summed E-state index contributed by atoms with van der Waals surface area (Å²) in [6, 6.07) is 8.57. The first-order chi connectivity index (χ1) is 8.42. The van der Waals surface area contributed by atoms with Gasteiger partial charge in [-0.2, -0.15) is 0 Å². The molecule has 1 heterocycles. The van der Waals surface area contributed by atoms with E-state index in [1.807, 2.05) is 24.3 Å². The summed E-state index contributed by atoms with van der Waals surface area (Å²) in [6.07, 6.45) is 5.49. The lowest BCUT2D eigenvalue weighted by Crippen LogP contribution is -2.41. The highest BCUT2D eigenvalue weighted by atomic mass is 16.6. The number of hydrogen-bond acceptors (Lipinski definition) is 3. The Hall–Kier alpha value is -1.22. The van der Waals surface area contributed by atoms with E-state index >= 15 is 0 Å². The van der Waals surface area contributed by atoms with Crippen LogP contribution in [0.2, 0.25) is 0 Å². The van der Waals surface area contributed by atoms with Crippen molar-refractivity contribution in [2.24, 2.45) is 0 Å². The maximum Gasteiger partial charge on any atom is 0.161 e. The second kappa shape index (κ2) is 4.96. The van der Waals surface area contributed by atoms with Crippen LogP contribution < -0.4 is 14.8 Å². The van der Waals surface area contributed by atoms with Gasteiger partial charge in [-0.3, -0.25) is 0 Å². The van der Waals surface area contributed by atoms with E-state index in [1.165, 1.54) is 25.7 Å². The Morgan fingerprint density at radius 2 is 1.88 bits per heavy atom. The molecule has 0 radical (unpaired) electrons. The monoisotopic (exact) mass is 233 g/mol. The topological polar surface area (TPSA) is 30.5 Å². The highest BCUT2D eigenvalue weighted by molar-refractivity contribution is 5.40. The van der Waals surface area contributed by atoms with Crippen LogP contribution in [0.3, 0.4) is 0 Å². The number of ether oxygens (including phenoxy) is 2. The molecule has 1 atom stereocenters. The number of fused-ring (bicyclic) bond motifs is 1. The van der Waals surface area contributed by atoms with Crippen molar-refractivity contribution < 1.29 is 9.47 Å². The van der Waals surface area contributed by atoms with Crippen molar-refractivity contribution in [2.75, 3.05) is 13.2 Å². The molecule has 1 aliphatic heterocycles. The fourth-order valence-electron chi connectivity index (χ4n) is 2.59. The highest BCUT2D eigenvalue weighted by Crippen LogP contribution is 2.30. The summed E-state index contributed by atoms with van der Waals surface area (Å²) in [6.45, 7) is 1.54. The largest absolute Gasteiger partial charge is 0.486 e. The molecule has 0 aromatic heterocycles. The first-order valence-electron chi connectivity index (χ1n) is 6.54. The zero-order chi connectivity index (χ0) is 11.5. The fourth-order valence-corrected chi connectivity index (χ4v) is 2.59. The maximum absolute atomic E-state index is 5.90. The molecule has 1 N–H and O–H groups in total. The van der Waals surface area contributed by atoms with Gasteiger partial charge in [0.25, 0.3) is 0 Å². The van der Waals surface area contributed by atoms with Crippen molar-refractivity contribution >= 4 is 0 Å². The molecule has 3 nitrogen and oxygen atoms in total. The lowest BCUT2D eigenvalue weighted by atomic mass is 10.2. The summed E-state index contributed by atoms with van der Waals surface area (Å²) in [7, 11) is 0. The van der Waals surface area contributed by atoms with E-state index in [9.17, 15) is 0 Å². The molecule has 1 saturated carbocycles. The minimum Gasteiger partial charge on any atom is -0.486 e. The number of nitrogens with one attached hydrogen (secondary N) is 1. The Balaban J connectivity index is 1.53. The second-order valence-electron chi connectivity index (χ2n) is 4.89. The predicted octanol–water partition coefficient (Wildman–Crippen LogP) is 2.36. The SMILES string of the molecule is c1ccc2c(c1)OCC(CNC1CCCC1)O2. The number of hydrogen-bond donors (Lipinski definition) is 1. The smallest absolute Gasteiger partial charge is 0.161 e. The van der Waals surface area contributed by atoms with Crippen LogP contribution >= 0.6 is 0 Å². The summed E-state index contributed by atoms with van der Waals surface area (Å²) < 4.78 is 11.6. The van der Waals surface area contributed by atoms with Crippen molar-refractivity contribution in [1.82, 2.24) is 5.32 Å². The molecule has 3 rings (SSSR count). The van der Waals surface area contributed by atoms with Gasteiger partial charge in [0.2, 0.25) is 0 Å². The normalized spacial score (nSPS) is 23.9. The van der Waals surface area contributed by atoms with E-state index in [4.69, 9.17) is 9.47 Å². The molecule has 92 valence electrons. The van der Waals surface area contributed by atoms with Gasteiger partial charge in [-0.25, -0.2) is 0 Å². The predicted molar refractivity (Wildman–Crippen MR) is 66.6 cm³/mol. The van der Waals surface area contributed by atoms with Gasteiger partial charge in [-0.15, -0.1) is 0 Å². The van der Waals surface area contributed by atoms with Crippen LogP contribution in [0, 0.1) is 0 Å². The third kappa shape index (κ3) is 2.55. The Morgan fingerprint density at radius 1 is 1.12 bits per heavy atom. The molecule has 1 fully saturated rings. The van der Waals surface area contributed by atoms with E-state index in [0.717, 1.165) is 18.0 Å². The molecule has 1 aromatic carbocycles. The van der Waals surface area contributed by atoms with Crippen LogP contribution in [0.1, 0.15) is 25.7 Å². The molecule has 2 aliphatic rings. The molecule has 17 heavy (non-hydrogen) atoms. The second-order valence-corrected chi connectivity index (χ2v) is 4.89. The summed E-state index contributed by atoms with van der Waals surface area (Å²) in [5.74, 6) is 1.74. The summed E-state index contributed by atoms with van der Waals surface area (Å²) >= 11 is 0. The molecule has 0 saturated heterocycles. The molecular weight excluding hydrogens is 214 g/mol. The van der Waals surface area contributed by atoms with Crippen LogP contribution in [0.4, 0.5) is 0 Å². The average molecular weight is 233 g/mol. The zero-order valence-electron chi connectivity index (χ0n) is 10.0. The number of benzene rings is 1. The van der Waals surface area contributed by atoms with Crippen molar-refractivity contribution in [2.45, 2.75) is 37.8 Å². The highest BCUT2D eigenvalue weighted by Gasteiger charge is 2.22. The Morgan fingerprint density at radius 3 is 2.71 bits per heavy atom. The van der Waals surface area contributed by atoms with Gasteiger partial charge < -0.3 is 14.8 Å². The Bertz CT molecular complexity index is 374. The van der Waals surface area contributed by atoms with Gasteiger partial charge in [-0.05, 0) is 25.0 Å². The maximum atomic E-state index is 5.90. The Kier molecular flexibility index (Phi) is 3.18. The average Bonchev–Trinajstić information content (AvgIpc) is 2.89. The zero-order valence-corrected chi connectivity index (χ0v) is 10.0. The van der Waals surface area contributed by atoms with E-state index in [2.05, 4.69) is 5.32 Å². The summed E-state index contributed by atoms with van der Waals surface area (Å²) in [4.78, 5) is 0. The summed E-state index contributed by atoms with van der Waals surface area (Å²) in [5, 5.41) is 3.58. The van der Waals surface area contributed by atoms with Gasteiger partial charge in [0, 0.05) is 12.6 Å². The fraction of sp³-hybridized carbons (Fsp3) is 0.571. The van der Waals surface area contributed by atoms with Crippen LogP contribution in [-0.2, 0) is 0 Å². The molecule has 1 unspecified atom stereocenters. The van der Waals surface area contributed by atoms with Crippen molar-refractivity contribution in [3.8, 4) is 11.5 Å². The van der Waals surface area contributed by atoms with Crippen molar-refractivity contribution in [1.29, 1.82) is 0 Å². The molecule has 0 bridgehead atoms. The molecule has 1 aliphatic carbocycles. The van der Waals surface area contributed by atoms with Gasteiger partial charge in [-0.1, -0.05) is 25.0 Å². The lowest BCUT2D eigenvalue weighted by molar-refractivity contribution is 0.0883. The van der Waals surface area contributed by atoms with E-state index in [0.29, 0.717) is 12.6 Å². The molecule has 1 aromatic rings. The van der Waals surface area contributed by atoms with Crippen LogP contribution in [-0.4, -0.2) is 25.3 Å². The first-order valence-corrected chi connectivity index (χ1v) is 6.54. The van der Waals surface area contributed by atoms with Crippen molar-refractivity contribution in [3.63, 3.8) is 0 Å². The first kappa shape index (κ1) is 10.9. The molecular formula is C14H19NO2. The van der Waals surface area contributed by atoms with Gasteiger partial charge >= 0.3 is 0 Å².